The van der Waals surface area contributed by atoms with Crippen molar-refractivity contribution in [2.24, 2.45) is 11.3 Å². The SMILES string of the molecule is CC[C@H](CO)NC1C2CCOC2C12CCC2. The first-order valence-electron chi connectivity index (χ1n) is 6.80. The molecule has 92 valence electrons. The molecule has 4 atom stereocenters. The van der Waals surface area contributed by atoms with E-state index in [4.69, 9.17) is 4.74 Å². The zero-order valence-electron chi connectivity index (χ0n) is 10.1. The maximum atomic E-state index is 9.30. The largest absolute Gasteiger partial charge is 0.395 e. The van der Waals surface area contributed by atoms with Crippen LogP contribution in [0.3, 0.4) is 0 Å². The van der Waals surface area contributed by atoms with E-state index in [0.717, 1.165) is 18.9 Å². The van der Waals surface area contributed by atoms with Gasteiger partial charge in [-0.05, 0) is 25.7 Å². The summed E-state index contributed by atoms with van der Waals surface area (Å²) < 4.78 is 5.89. The van der Waals surface area contributed by atoms with Gasteiger partial charge < -0.3 is 15.2 Å². The highest BCUT2D eigenvalue weighted by Crippen LogP contribution is 2.62. The fourth-order valence-corrected chi connectivity index (χ4v) is 4.05. The number of rotatable bonds is 4. The first-order chi connectivity index (χ1) is 7.81. The molecule has 3 fully saturated rings. The van der Waals surface area contributed by atoms with Crippen LogP contribution in [0.5, 0.6) is 0 Å². The molecule has 2 saturated carbocycles. The third-order valence-corrected chi connectivity index (χ3v) is 5.16. The molecular weight excluding hydrogens is 202 g/mol. The van der Waals surface area contributed by atoms with Crippen molar-refractivity contribution >= 4 is 0 Å². The van der Waals surface area contributed by atoms with Gasteiger partial charge in [0.15, 0.2) is 0 Å². The van der Waals surface area contributed by atoms with E-state index >= 15 is 0 Å². The third-order valence-electron chi connectivity index (χ3n) is 5.16. The van der Waals surface area contributed by atoms with Crippen LogP contribution in [-0.2, 0) is 4.74 Å². The van der Waals surface area contributed by atoms with E-state index in [-0.39, 0.29) is 12.6 Å². The minimum absolute atomic E-state index is 0.265. The van der Waals surface area contributed by atoms with E-state index in [1.807, 2.05) is 0 Å². The number of hydrogen-bond acceptors (Lipinski definition) is 3. The number of aliphatic hydroxyl groups is 1. The van der Waals surface area contributed by atoms with Crippen molar-refractivity contribution in [3.05, 3.63) is 0 Å². The molecule has 1 aliphatic heterocycles. The Labute approximate surface area is 97.6 Å². The van der Waals surface area contributed by atoms with Crippen molar-refractivity contribution in [1.82, 2.24) is 5.32 Å². The second kappa shape index (κ2) is 3.97. The molecule has 0 aromatic carbocycles. The molecule has 2 aliphatic carbocycles. The van der Waals surface area contributed by atoms with Gasteiger partial charge in [0.25, 0.3) is 0 Å². The minimum Gasteiger partial charge on any atom is -0.395 e. The van der Waals surface area contributed by atoms with Gasteiger partial charge in [-0.1, -0.05) is 13.3 Å². The van der Waals surface area contributed by atoms with Crippen molar-refractivity contribution in [3.63, 3.8) is 0 Å². The second-order valence-corrected chi connectivity index (χ2v) is 5.76. The third kappa shape index (κ3) is 1.31. The fourth-order valence-electron chi connectivity index (χ4n) is 4.05. The zero-order valence-corrected chi connectivity index (χ0v) is 10.1. The number of aliphatic hydroxyl groups excluding tert-OH is 1. The van der Waals surface area contributed by atoms with Gasteiger partial charge in [0.1, 0.15) is 0 Å². The van der Waals surface area contributed by atoms with Crippen LogP contribution < -0.4 is 5.32 Å². The Bertz CT molecular complexity index is 261. The Balaban J connectivity index is 1.69. The summed E-state index contributed by atoms with van der Waals surface area (Å²) in [6.07, 6.45) is 6.78. The molecule has 3 rings (SSSR count). The normalized spacial score (nSPS) is 41.2. The maximum Gasteiger partial charge on any atom is 0.0690 e. The van der Waals surface area contributed by atoms with Crippen LogP contribution >= 0.6 is 0 Å². The first kappa shape index (κ1) is 11.0. The van der Waals surface area contributed by atoms with E-state index < -0.39 is 0 Å². The van der Waals surface area contributed by atoms with Gasteiger partial charge in [-0.3, -0.25) is 0 Å². The molecule has 0 bridgehead atoms. The molecule has 0 radical (unpaired) electrons. The number of hydrogen-bond donors (Lipinski definition) is 2. The minimum atomic E-state index is 0.265. The topological polar surface area (TPSA) is 41.5 Å². The molecule has 3 aliphatic rings. The summed E-state index contributed by atoms with van der Waals surface area (Å²) in [5.74, 6) is 0.723. The fraction of sp³-hybridized carbons (Fsp3) is 1.00. The molecular formula is C13H23NO2. The Morgan fingerprint density at radius 1 is 1.50 bits per heavy atom. The lowest BCUT2D eigenvalue weighted by atomic mass is 9.46. The highest BCUT2D eigenvalue weighted by Gasteiger charge is 2.66. The highest BCUT2D eigenvalue weighted by atomic mass is 16.5. The van der Waals surface area contributed by atoms with Crippen LogP contribution in [0.1, 0.15) is 39.0 Å². The average Bonchev–Trinajstić information content (AvgIpc) is 2.63. The van der Waals surface area contributed by atoms with Crippen molar-refractivity contribution in [1.29, 1.82) is 0 Å². The van der Waals surface area contributed by atoms with E-state index in [9.17, 15) is 5.11 Å². The van der Waals surface area contributed by atoms with Crippen LogP contribution in [0.4, 0.5) is 0 Å². The van der Waals surface area contributed by atoms with Gasteiger partial charge in [-0.25, -0.2) is 0 Å². The van der Waals surface area contributed by atoms with Crippen molar-refractivity contribution < 1.29 is 9.84 Å². The standard InChI is InChI=1S/C13H23NO2/c1-2-9(8-15)14-11-10-4-7-16-12(10)13(11)5-3-6-13/h9-12,14-15H,2-8H2,1H3/t9-,10?,11?,12?/m1/s1. The molecule has 1 heterocycles. The number of fused-ring (bicyclic) bond motifs is 2. The highest BCUT2D eigenvalue weighted by molar-refractivity contribution is 5.18. The lowest BCUT2D eigenvalue weighted by Crippen LogP contribution is -2.72. The maximum absolute atomic E-state index is 9.30. The summed E-state index contributed by atoms with van der Waals surface area (Å²) >= 11 is 0. The van der Waals surface area contributed by atoms with Crippen molar-refractivity contribution in [2.75, 3.05) is 13.2 Å². The molecule has 2 N–H and O–H groups in total. The summed E-state index contributed by atoms with van der Waals surface area (Å²) in [5.41, 5.74) is 0.448. The number of ether oxygens (including phenoxy) is 1. The molecule has 0 aromatic heterocycles. The molecule has 1 saturated heterocycles. The Hall–Kier alpha value is -0.120. The predicted octanol–water partition coefficient (Wildman–Crippen LogP) is 1.30. The first-order valence-corrected chi connectivity index (χ1v) is 6.80. The summed E-state index contributed by atoms with van der Waals surface area (Å²) in [5, 5.41) is 13.0. The van der Waals surface area contributed by atoms with Gasteiger partial charge in [0.05, 0.1) is 12.7 Å². The molecule has 3 nitrogen and oxygen atoms in total. The monoisotopic (exact) mass is 225 g/mol. The Morgan fingerprint density at radius 3 is 2.88 bits per heavy atom. The van der Waals surface area contributed by atoms with Crippen LogP contribution in [0.15, 0.2) is 0 Å². The Morgan fingerprint density at radius 2 is 2.31 bits per heavy atom. The molecule has 1 spiro atoms. The molecule has 3 heteroatoms. The molecule has 16 heavy (non-hydrogen) atoms. The summed E-state index contributed by atoms with van der Waals surface area (Å²) in [7, 11) is 0. The number of nitrogens with one attached hydrogen (secondary N) is 1. The van der Waals surface area contributed by atoms with Crippen LogP contribution in [-0.4, -0.2) is 36.5 Å². The van der Waals surface area contributed by atoms with Crippen molar-refractivity contribution in [2.45, 2.75) is 57.2 Å². The summed E-state index contributed by atoms with van der Waals surface area (Å²) in [6.45, 7) is 3.36. The van der Waals surface area contributed by atoms with E-state index in [0.29, 0.717) is 17.6 Å². The molecule has 3 unspecified atom stereocenters. The van der Waals surface area contributed by atoms with Gasteiger partial charge in [-0.2, -0.15) is 0 Å². The average molecular weight is 225 g/mol. The lowest BCUT2D eigenvalue weighted by Gasteiger charge is -2.64. The predicted molar refractivity (Wildman–Crippen MR) is 62.2 cm³/mol. The van der Waals surface area contributed by atoms with Gasteiger partial charge in [0.2, 0.25) is 0 Å². The van der Waals surface area contributed by atoms with Crippen molar-refractivity contribution in [3.8, 4) is 0 Å². The van der Waals surface area contributed by atoms with Gasteiger partial charge >= 0.3 is 0 Å². The zero-order chi connectivity index (χ0) is 11.2. The quantitative estimate of drug-likeness (QED) is 0.758. The summed E-state index contributed by atoms with van der Waals surface area (Å²) in [6, 6.07) is 0.898. The molecule has 0 amide bonds. The smallest absolute Gasteiger partial charge is 0.0690 e. The Kier molecular flexibility index (Phi) is 2.73. The van der Waals surface area contributed by atoms with Crippen LogP contribution in [0.25, 0.3) is 0 Å². The van der Waals surface area contributed by atoms with E-state index in [2.05, 4.69) is 12.2 Å². The van der Waals surface area contributed by atoms with Crippen LogP contribution in [0.2, 0.25) is 0 Å². The van der Waals surface area contributed by atoms with Gasteiger partial charge in [0, 0.05) is 30.0 Å². The van der Waals surface area contributed by atoms with E-state index in [1.165, 1.54) is 25.7 Å². The molecule has 0 aromatic rings. The second-order valence-electron chi connectivity index (χ2n) is 5.76. The van der Waals surface area contributed by atoms with Crippen LogP contribution in [0, 0.1) is 11.3 Å². The summed E-state index contributed by atoms with van der Waals surface area (Å²) in [4.78, 5) is 0. The van der Waals surface area contributed by atoms with Gasteiger partial charge in [-0.15, -0.1) is 0 Å². The van der Waals surface area contributed by atoms with E-state index in [1.54, 1.807) is 0 Å². The lowest BCUT2D eigenvalue weighted by molar-refractivity contribution is -0.179.